The van der Waals surface area contributed by atoms with Gasteiger partial charge in [0.15, 0.2) is 37.7 Å². The van der Waals surface area contributed by atoms with E-state index in [0.29, 0.717) is 38.5 Å². The third kappa shape index (κ3) is 14.6. The van der Waals surface area contributed by atoms with Crippen LogP contribution in [0.3, 0.4) is 0 Å². The predicted octanol–water partition coefficient (Wildman–Crippen LogP) is 1.77. The number of aliphatic hydroxyl groups is 9. The molecule has 1 aromatic carbocycles. The van der Waals surface area contributed by atoms with Crippen LogP contribution in [-0.4, -0.2) is 283 Å². The third-order valence-electron chi connectivity index (χ3n) is 23.6. The SMILES string of the molecule is CO[C@H]1C[C@H](O[C@H]2CC[C@@]3(C)C(=CC[C@]4(O)[C@@H]3C[C@@H](OC(=O)C=Cc3ccccc3)[C@]3(C)[C@H](C(C)=O)CC[C@@]34O)C2)O[C@H](C)[C@H]1O[C@H]1C[C@H](OC)[C@H](O[C@H]2C[C@@H](OC)[C@H](O[C@H]3C[C@@H](OC)[C@H](O[C@@H]4O[C@H](CO)[C@@H](O[C@@H]5O[C@H](CO)[C@@H](O)[C@H](O)[C@H]5O)[C@H](O)[C@H]4O)[C@@H](C)O3)[C@@H](C)O2)[C@@H](C)O1. The fourth-order valence-corrected chi connectivity index (χ4v) is 18.1. The van der Waals surface area contributed by atoms with Gasteiger partial charge in [-0.3, -0.25) is 4.79 Å². The first-order valence-corrected chi connectivity index (χ1v) is 34.8. The quantitative estimate of drug-likeness (QED) is 0.0454. The lowest BCUT2D eigenvalue weighted by atomic mass is 9.43. The van der Waals surface area contributed by atoms with Crippen molar-refractivity contribution in [3.05, 3.63) is 53.6 Å². The molecule has 9 N–H and O–H groups in total. The van der Waals surface area contributed by atoms with Crippen LogP contribution < -0.4 is 0 Å². The van der Waals surface area contributed by atoms with E-state index in [1.807, 2.05) is 58.0 Å². The van der Waals surface area contributed by atoms with E-state index in [0.717, 1.165) is 11.1 Å². The number of Topliss-reactive ketones (excluding diaryl/α,β-unsaturated/α-hetero) is 1. The number of hydrogen-bond acceptors (Lipinski definition) is 28. The number of fused-ring (bicyclic) bond motifs is 5. The molecule has 6 heterocycles. The molecule has 0 aromatic heterocycles. The lowest BCUT2D eigenvalue weighted by Gasteiger charge is -2.66. The van der Waals surface area contributed by atoms with Crippen molar-refractivity contribution < 1.29 is 136 Å². The van der Waals surface area contributed by atoms with Crippen LogP contribution in [0.1, 0.15) is 125 Å². The van der Waals surface area contributed by atoms with E-state index in [4.69, 9.17) is 80.5 Å². The number of methoxy groups -OCH3 is 4. The van der Waals surface area contributed by atoms with E-state index in [-0.39, 0.29) is 44.0 Å². The van der Waals surface area contributed by atoms with E-state index in [1.54, 1.807) is 34.3 Å². The molecule has 98 heavy (non-hydrogen) atoms. The first-order chi connectivity index (χ1) is 46.7. The van der Waals surface area contributed by atoms with Gasteiger partial charge >= 0.3 is 5.97 Å². The molecule has 0 spiro atoms. The second-order valence-corrected chi connectivity index (χ2v) is 29.1. The van der Waals surface area contributed by atoms with E-state index in [9.17, 15) is 55.5 Å². The van der Waals surface area contributed by atoms with Gasteiger partial charge in [0.05, 0.1) is 68.1 Å². The smallest absolute Gasteiger partial charge is 0.331 e. The number of esters is 1. The molecule has 28 heteroatoms. The molecule has 28 nitrogen and oxygen atoms in total. The molecule has 0 bridgehead atoms. The molecular formula is C70H106O28. The Hall–Kier alpha value is -3.16. The number of rotatable bonds is 22. The monoisotopic (exact) mass is 1390 g/mol. The standard InChI is InChI=1S/C70H106O28/c1-33(73)41-21-24-70(81)68(41,7)49(93-50(74)18-17-38-15-13-12-14-16-38)30-48-67(6)22-20-40(25-39(67)19-23-69(48,70)80)90-51-26-42(82-8)60(34(2)86-51)94-52-27-43(83-9)61(35(3)87-52)95-53-28-44(84-10)62(36(4)88-53)96-54-29-45(85-11)63(37(5)89-54)97-66-59(79)57(77)64(47(32-72)92-66)98-65-58(78)56(76)55(75)46(31-71)91-65/h12-19,34-37,40-49,51-66,71-72,75-81H,20-32H2,1-11H3/t34-,35-,36-,37-,40+,41+,42+,43+,44-,45-,46-,47-,48-,49-,51+,52+,53+,54+,55-,56+,57-,58-,59-,60-,61-,62-,63-,64-,65+,66+,67+,68+,69+,70-/m1/s1. The second kappa shape index (κ2) is 31.3. The minimum absolute atomic E-state index is 0.107. The van der Waals surface area contributed by atoms with Gasteiger partial charge in [-0.2, -0.15) is 0 Å². The normalized spacial score (nSPS) is 49.1. The van der Waals surface area contributed by atoms with Crippen molar-refractivity contribution >= 4 is 17.8 Å². The van der Waals surface area contributed by atoms with Crippen LogP contribution in [0.5, 0.6) is 0 Å². The molecular weight excluding hydrogens is 1290 g/mol. The van der Waals surface area contributed by atoms with Crippen LogP contribution in [-0.2, 0) is 90.1 Å². The minimum Gasteiger partial charge on any atom is -0.458 e. The molecule has 4 aliphatic carbocycles. The lowest BCUT2D eigenvalue weighted by Crippen LogP contribution is -2.75. The van der Waals surface area contributed by atoms with Crippen molar-refractivity contribution in [3.63, 3.8) is 0 Å². The maximum absolute atomic E-state index is 13.7. The molecule has 0 unspecified atom stereocenters. The first kappa shape index (κ1) is 76.0. The average Bonchev–Trinajstić information content (AvgIpc) is 1.34. The summed E-state index contributed by atoms with van der Waals surface area (Å²) < 4.78 is 106. The van der Waals surface area contributed by atoms with Crippen LogP contribution in [0, 0.1) is 22.7 Å². The number of carbonyl (C=O) groups excluding carboxylic acids is 2. The predicted molar refractivity (Wildman–Crippen MR) is 339 cm³/mol. The van der Waals surface area contributed by atoms with Crippen LogP contribution in [0.2, 0.25) is 0 Å². The summed E-state index contributed by atoms with van der Waals surface area (Å²) in [6.07, 6.45) is -18.5. The van der Waals surface area contributed by atoms with Gasteiger partial charge in [-0.15, -0.1) is 0 Å². The van der Waals surface area contributed by atoms with Crippen molar-refractivity contribution in [2.45, 2.75) is 302 Å². The molecule has 9 fully saturated rings. The van der Waals surface area contributed by atoms with Crippen LogP contribution in [0.4, 0.5) is 0 Å². The molecule has 10 aliphatic rings. The fraction of sp³-hybridized carbons (Fsp3) is 0.829. The molecule has 1 aromatic rings. The van der Waals surface area contributed by atoms with E-state index >= 15 is 0 Å². The summed E-state index contributed by atoms with van der Waals surface area (Å²) >= 11 is 0. The molecule has 554 valence electrons. The maximum Gasteiger partial charge on any atom is 0.331 e. The summed E-state index contributed by atoms with van der Waals surface area (Å²) in [6.45, 7) is 11.4. The summed E-state index contributed by atoms with van der Waals surface area (Å²) in [6, 6.07) is 9.41. The number of hydrogen-bond donors (Lipinski definition) is 9. The molecule has 11 rings (SSSR count). The zero-order valence-corrected chi connectivity index (χ0v) is 57.9. The average molecular weight is 1400 g/mol. The summed E-state index contributed by atoms with van der Waals surface area (Å²) in [7, 11) is 6.28. The van der Waals surface area contributed by atoms with Gasteiger partial charge in [-0.1, -0.05) is 55.8 Å². The number of ketones is 1. The number of aliphatic hydroxyl groups excluding tert-OH is 7. The number of benzene rings is 1. The summed E-state index contributed by atoms with van der Waals surface area (Å²) in [5.41, 5.74) is -3.19. The zero-order valence-electron chi connectivity index (χ0n) is 57.9. The summed E-state index contributed by atoms with van der Waals surface area (Å²) in [4.78, 5) is 27.0. The molecule has 6 aliphatic heterocycles. The highest BCUT2D eigenvalue weighted by Gasteiger charge is 2.77. The second-order valence-electron chi connectivity index (χ2n) is 29.1. The minimum atomic E-state index is -1.82. The molecule has 34 atom stereocenters. The van der Waals surface area contributed by atoms with Crippen molar-refractivity contribution in [1.29, 1.82) is 0 Å². The van der Waals surface area contributed by atoms with Gasteiger partial charge in [0.1, 0.15) is 96.3 Å². The van der Waals surface area contributed by atoms with Crippen molar-refractivity contribution in [2.75, 3.05) is 41.7 Å². The Morgan fingerprint density at radius 1 is 0.561 bits per heavy atom. The Morgan fingerprint density at radius 3 is 1.52 bits per heavy atom. The van der Waals surface area contributed by atoms with Gasteiger partial charge in [0.2, 0.25) is 0 Å². The molecule has 6 saturated heterocycles. The Labute approximate surface area is 572 Å². The lowest BCUT2D eigenvalue weighted by molar-refractivity contribution is -0.376. The maximum atomic E-state index is 13.7. The van der Waals surface area contributed by atoms with Crippen LogP contribution in [0.15, 0.2) is 48.1 Å². The molecule has 3 saturated carbocycles. The van der Waals surface area contributed by atoms with E-state index < -0.39 is 219 Å². The van der Waals surface area contributed by atoms with Gasteiger partial charge in [-0.05, 0) is 96.6 Å². The van der Waals surface area contributed by atoms with Crippen molar-refractivity contribution in [3.8, 4) is 0 Å². The highest BCUT2D eigenvalue weighted by Crippen LogP contribution is 2.70. The van der Waals surface area contributed by atoms with Gasteiger partial charge < -0.3 is 126 Å². The van der Waals surface area contributed by atoms with Crippen molar-refractivity contribution in [2.24, 2.45) is 22.7 Å². The molecule has 0 radical (unpaired) electrons. The van der Waals surface area contributed by atoms with Crippen molar-refractivity contribution in [1.82, 2.24) is 0 Å². The van der Waals surface area contributed by atoms with Gasteiger partial charge in [-0.25, -0.2) is 4.79 Å². The highest BCUT2D eigenvalue weighted by molar-refractivity contribution is 5.87. The zero-order chi connectivity index (χ0) is 70.5. The third-order valence-corrected chi connectivity index (χ3v) is 23.6. The van der Waals surface area contributed by atoms with Gasteiger partial charge in [0, 0.05) is 77.4 Å². The first-order valence-electron chi connectivity index (χ1n) is 34.8. The number of ether oxygens (including phenoxy) is 17. The fourth-order valence-electron chi connectivity index (χ4n) is 18.1. The topological polar surface area (TPSA) is 373 Å². The largest absolute Gasteiger partial charge is 0.458 e. The Balaban J connectivity index is 0.654. The van der Waals surface area contributed by atoms with Crippen LogP contribution in [0.25, 0.3) is 6.08 Å². The van der Waals surface area contributed by atoms with Gasteiger partial charge in [0.25, 0.3) is 0 Å². The highest BCUT2D eigenvalue weighted by atomic mass is 16.8. The van der Waals surface area contributed by atoms with E-state index in [1.165, 1.54) is 20.1 Å². The summed E-state index contributed by atoms with van der Waals surface area (Å²) in [5.74, 6) is -1.79. The Morgan fingerprint density at radius 2 is 1.03 bits per heavy atom. The molecule has 0 amide bonds. The Bertz CT molecular complexity index is 2870. The number of carbonyl (C=O) groups is 2. The van der Waals surface area contributed by atoms with E-state index in [2.05, 4.69) is 13.0 Å². The summed E-state index contributed by atoms with van der Waals surface area (Å²) in [5, 5.41) is 99.6. The Kier molecular flexibility index (Phi) is 24.2. The van der Waals surface area contributed by atoms with Crippen LogP contribution >= 0.6 is 0 Å².